The van der Waals surface area contributed by atoms with Crippen molar-refractivity contribution in [1.29, 1.82) is 0 Å². The molecule has 0 atom stereocenters. The number of ketones is 1. The van der Waals surface area contributed by atoms with Crippen molar-refractivity contribution in [2.45, 2.75) is 6.54 Å². The molecule has 4 heteroatoms. The standard InChI is InChI=1S/C18H20N2O2/c1-20(2)13-14-7-6-10-16(11-14)18(22)19-12-17(21)15-8-4-3-5-9-15/h3-11H,12-13H2,1-2H3,(H,19,22). The molecule has 0 aliphatic carbocycles. The largest absolute Gasteiger partial charge is 0.345 e. The summed E-state index contributed by atoms with van der Waals surface area (Å²) in [7, 11) is 3.95. The van der Waals surface area contributed by atoms with Gasteiger partial charge in [-0.25, -0.2) is 0 Å². The van der Waals surface area contributed by atoms with E-state index in [0.29, 0.717) is 11.1 Å². The summed E-state index contributed by atoms with van der Waals surface area (Å²) in [5, 5.41) is 2.68. The second-order valence-electron chi connectivity index (χ2n) is 5.41. The van der Waals surface area contributed by atoms with Gasteiger partial charge in [-0.1, -0.05) is 42.5 Å². The number of amides is 1. The highest BCUT2D eigenvalue weighted by Gasteiger charge is 2.10. The van der Waals surface area contributed by atoms with E-state index in [2.05, 4.69) is 5.32 Å². The zero-order valence-electron chi connectivity index (χ0n) is 12.9. The van der Waals surface area contributed by atoms with Gasteiger partial charge < -0.3 is 10.2 Å². The van der Waals surface area contributed by atoms with E-state index in [1.54, 1.807) is 30.3 Å². The van der Waals surface area contributed by atoms with Crippen molar-refractivity contribution >= 4 is 11.7 Å². The molecule has 1 amide bonds. The number of rotatable bonds is 6. The van der Waals surface area contributed by atoms with E-state index in [9.17, 15) is 9.59 Å². The van der Waals surface area contributed by atoms with E-state index in [1.807, 2.05) is 43.3 Å². The summed E-state index contributed by atoms with van der Waals surface area (Å²) in [6, 6.07) is 16.4. The van der Waals surface area contributed by atoms with Gasteiger partial charge in [-0.05, 0) is 31.8 Å². The van der Waals surface area contributed by atoms with Gasteiger partial charge in [0.15, 0.2) is 5.78 Å². The smallest absolute Gasteiger partial charge is 0.251 e. The Morgan fingerprint density at radius 3 is 2.32 bits per heavy atom. The molecule has 0 radical (unpaired) electrons. The van der Waals surface area contributed by atoms with Crippen LogP contribution in [0, 0.1) is 0 Å². The van der Waals surface area contributed by atoms with Crippen LogP contribution >= 0.6 is 0 Å². The van der Waals surface area contributed by atoms with Gasteiger partial charge >= 0.3 is 0 Å². The summed E-state index contributed by atoms with van der Waals surface area (Å²) < 4.78 is 0. The maximum atomic E-state index is 12.1. The number of nitrogens with zero attached hydrogens (tertiary/aromatic N) is 1. The van der Waals surface area contributed by atoms with E-state index in [-0.39, 0.29) is 18.2 Å². The van der Waals surface area contributed by atoms with Crippen LogP contribution in [0.3, 0.4) is 0 Å². The molecule has 0 bridgehead atoms. The first-order valence-electron chi connectivity index (χ1n) is 7.16. The number of benzene rings is 2. The van der Waals surface area contributed by atoms with Gasteiger partial charge in [-0.2, -0.15) is 0 Å². The molecule has 0 unspecified atom stereocenters. The van der Waals surface area contributed by atoms with E-state index < -0.39 is 0 Å². The van der Waals surface area contributed by atoms with Crippen LogP contribution in [0.1, 0.15) is 26.3 Å². The summed E-state index contributed by atoms with van der Waals surface area (Å²) in [4.78, 5) is 26.2. The Morgan fingerprint density at radius 1 is 0.955 bits per heavy atom. The number of hydrogen-bond donors (Lipinski definition) is 1. The molecule has 2 aromatic carbocycles. The Labute approximate surface area is 130 Å². The third-order valence-corrected chi connectivity index (χ3v) is 3.19. The second kappa shape index (κ2) is 7.52. The van der Waals surface area contributed by atoms with Gasteiger partial charge in [-0.3, -0.25) is 9.59 Å². The Hall–Kier alpha value is -2.46. The van der Waals surface area contributed by atoms with E-state index in [4.69, 9.17) is 0 Å². The lowest BCUT2D eigenvalue weighted by Crippen LogP contribution is -2.29. The minimum atomic E-state index is -0.232. The van der Waals surface area contributed by atoms with Crippen molar-refractivity contribution in [1.82, 2.24) is 10.2 Å². The van der Waals surface area contributed by atoms with Crippen LogP contribution in [0.4, 0.5) is 0 Å². The lowest BCUT2D eigenvalue weighted by molar-refractivity contribution is 0.0904. The van der Waals surface area contributed by atoms with Gasteiger partial charge in [0, 0.05) is 17.7 Å². The average Bonchev–Trinajstić information content (AvgIpc) is 2.52. The molecule has 0 spiro atoms. The van der Waals surface area contributed by atoms with Crippen molar-refractivity contribution in [2.24, 2.45) is 0 Å². The van der Waals surface area contributed by atoms with E-state index in [1.165, 1.54) is 0 Å². The zero-order chi connectivity index (χ0) is 15.9. The first kappa shape index (κ1) is 15.9. The number of hydrogen-bond acceptors (Lipinski definition) is 3. The van der Waals surface area contributed by atoms with Crippen molar-refractivity contribution in [3.05, 3.63) is 71.3 Å². The zero-order valence-corrected chi connectivity index (χ0v) is 12.9. The minimum absolute atomic E-state index is 0.000749. The molecule has 0 aromatic heterocycles. The first-order valence-corrected chi connectivity index (χ1v) is 7.16. The topological polar surface area (TPSA) is 49.4 Å². The number of nitrogens with one attached hydrogen (secondary N) is 1. The third-order valence-electron chi connectivity index (χ3n) is 3.19. The fourth-order valence-electron chi connectivity index (χ4n) is 2.16. The molecule has 4 nitrogen and oxygen atoms in total. The quantitative estimate of drug-likeness (QED) is 0.833. The Kier molecular flexibility index (Phi) is 5.44. The monoisotopic (exact) mass is 296 g/mol. The molecule has 0 heterocycles. The fraction of sp³-hybridized carbons (Fsp3) is 0.222. The van der Waals surface area contributed by atoms with Gasteiger partial charge in [0.1, 0.15) is 0 Å². The number of Topliss-reactive ketones (excluding diaryl/α,β-unsaturated/α-hetero) is 1. The normalized spacial score (nSPS) is 10.5. The lowest BCUT2D eigenvalue weighted by atomic mass is 10.1. The average molecular weight is 296 g/mol. The highest BCUT2D eigenvalue weighted by atomic mass is 16.2. The molecule has 0 aliphatic rings. The van der Waals surface area contributed by atoms with Crippen LogP contribution < -0.4 is 5.32 Å². The van der Waals surface area contributed by atoms with Crippen LogP contribution in [-0.2, 0) is 6.54 Å². The van der Waals surface area contributed by atoms with Gasteiger partial charge in [-0.15, -0.1) is 0 Å². The summed E-state index contributed by atoms with van der Waals surface area (Å²) in [6.07, 6.45) is 0. The molecule has 1 N–H and O–H groups in total. The molecular weight excluding hydrogens is 276 g/mol. The predicted molar refractivity (Wildman–Crippen MR) is 86.9 cm³/mol. The van der Waals surface area contributed by atoms with E-state index in [0.717, 1.165) is 12.1 Å². The molecule has 22 heavy (non-hydrogen) atoms. The van der Waals surface area contributed by atoms with E-state index >= 15 is 0 Å². The highest BCUT2D eigenvalue weighted by molar-refractivity contribution is 6.02. The van der Waals surface area contributed by atoms with Crippen LogP contribution in [-0.4, -0.2) is 37.2 Å². The maximum absolute atomic E-state index is 12.1. The van der Waals surface area contributed by atoms with Crippen LogP contribution in [0.25, 0.3) is 0 Å². The second-order valence-corrected chi connectivity index (χ2v) is 5.41. The molecule has 114 valence electrons. The lowest BCUT2D eigenvalue weighted by Gasteiger charge is -2.11. The van der Waals surface area contributed by atoms with Gasteiger partial charge in [0.05, 0.1) is 6.54 Å². The van der Waals surface area contributed by atoms with Crippen LogP contribution in [0.15, 0.2) is 54.6 Å². The molecule has 0 aliphatic heterocycles. The predicted octanol–water partition coefficient (Wildman–Crippen LogP) is 2.36. The summed E-state index contributed by atoms with van der Waals surface area (Å²) in [6.45, 7) is 0.769. The number of carbonyl (C=O) groups excluding carboxylic acids is 2. The Morgan fingerprint density at radius 2 is 1.64 bits per heavy atom. The van der Waals surface area contributed by atoms with Crippen LogP contribution in [0.5, 0.6) is 0 Å². The summed E-state index contributed by atoms with van der Waals surface area (Å²) in [5.41, 5.74) is 2.23. The maximum Gasteiger partial charge on any atom is 0.251 e. The first-order chi connectivity index (χ1) is 10.6. The summed E-state index contributed by atoms with van der Waals surface area (Å²) >= 11 is 0. The SMILES string of the molecule is CN(C)Cc1cccc(C(=O)NCC(=O)c2ccccc2)c1. The van der Waals surface area contributed by atoms with Gasteiger partial charge in [0.2, 0.25) is 0 Å². The summed E-state index contributed by atoms with van der Waals surface area (Å²) in [5.74, 6) is -0.330. The number of carbonyl (C=O) groups is 2. The molecule has 0 fully saturated rings. The van der Waals surface area contributed by atoms with Crippen molar-refractivity contribution in [3.8, 4) is 0 Å². The van der Waals surface area contributed by atoms with Crippen molar-refractivity contribution in [3.63, 3.8) is 0 Å². The van der Waals surface area contributed by atoms with Gasteiger partial charge in [0.25, 0.3) is 5.91 Å². The molecule has 2 aromatic rings. The molecular formula is C18H20N2O2. The molecule has 0 saturated carbocycles. The third kappa shape index (κ3) is 4.53. The van der Waals surface area contributed by atoms with Crippen LogP contribution in [0.2, 0.25) is 0 Å². The Balaban J connectivity index is 1.96. The van der Waals surface area contributed by atoms with Crippen molar-refractivity contribution < 1.29 is 9.59 Å². The van der Waals surface area contributed by atoms with Crippen molar-refractivity contribution in [2.75, 3.05) is 20.6 Å². The fourth-order valence-corrected chi connectivity index (χ4v) is 2.16. The Bertz CT molecular complexity index is 651. The minimum Gasteiger partial charge on any atom is -0.345 e. The highest BCUT2D eigenvalue weighted by Crippen LogP contribution is 2.07. The molecule has 2 rings (SSSR count). The molecule has 0 saturated heterocycles.